The molecule has 0 saturated heterocycles. The highest BCUT2D eigenvalue weighted by molar-refractivity contribution is 7.92. The predicted molar refractivity (Wildman–Crippen MR) is 146 cm³/mol. The van der Waals surface area contributed by atoms with Gasteiger partial charge in [-0.25, -0.2) is 18.1 Å². The van der Waals surface area contributed by atoms with Gasteiger partial charge >= 0.3 is 0 Å². The van der Waals surface area contributed by atoms with Crippen molar-refractivity contribution in [1.82, 2.24) is 14.9 Å². The molecule has 38 heavy (non-hydrogen) atoms. The predicted octanol–water partition coefficient (Wildman–Crippen LogP) is 4.77. The summed E-state index contributed by atoms with van der Waals surface area (Å²) in [5, 5.41) is 0. The van der Waals surface area contributed by atoms with E-state index in [2.05, 4.69) is 14.7 Å². The lowest BCUT2D eigenvalue weighted by atomic mass is 10.00. The largest absolute Gasteiger partial charge is 0.472 e. The Kier molecular flexibility index (Phi) is 5.87. The van der Waals surface area contributed by atoms with Crippen molar-refractivity contribution >= 4 is 21.9 Å². The third kappa shape index (κ3) is 4.50. The number of fused-ring (bicyclic) bond motifs is 7. The van der Waals surface area contributed by atoms with Crippen LogP contribution in [-0.4, -0.2) is 41.8 Å². The first-order chi connectivity index (χ1) is 18.3. The average molecular weight is 529 g/mol. The summed E-state index contributed by atoms with van der Waals surface area (Å²) in [4.78, 5) is 24.3. The zero-order chi connectivity index (χ0) is 26.4. The number of amides is 1. The molecule has 9 heteroatoms. The van der Waals surface area contributed by atoms with E-state index in [0.717, 1.165) is 27.8 Å². The minimum atomic E-state index is -4.08. The summed E-state index contributed by atoms with van der Waals surface area (Å²) in [6.07, 6.45) is 0.167. The quantitative estimate of drug-likeness (QED) is 0.382. The van der Waals surface area contributed by atoms with Crippen LogP contribution in [0.5, 0.6) is 5.88 Å². The third-order valence-corrected chi connectivity index (χ3v) is 8.31. The zero-order valence-electron chi connectivity index (χ0n) is 21.0. The fraction of sp³-hybridized carbons (Fsp3) is 0.207. The second kappa shape index (κ2) is 9.25. The molecule has 0 saturated carbocycles. The number of aryl methyl sites for hydroxylation is 2. The zero-order valence-corrected chi connectivity index (χ0v) is 21.8. The maximum Gasteiger partial charge on any atom is 0.264 e. The average Bonchev–Trinajstić information content (AvgIpc) is 3.06. The minimum absolute atomic E-state index is 0. The summed E-state index contributed by atoms with van der Waals surface area (Å²) in [6, 6.07) is 21.7. The van der Waals surface area contributed by atoms with Crippen molar-refractivity contribution in [3.63, 3.8) is 0 Å². The van der Waals surface area contributed by atoms with Gasteiger partial charge in [0, 0.05) is 31.6 Å². The second-order valence-corrected chi connectivity index (χ2v) is 11.4. The molecule has 1 unspecified atom stereocenters. The van der Waals surface area contributed by atoms with Gasteiger partial charge < -0.3 is 9.64 Å². The van der Waals surface area contributed by atoms with Crippen LogP contribution in [-0.2, 0) is 23.0 Å². The van der Waals surface area contributed by atoms with E-state index in [1.807, 2.05) is 56.3 Å². The lowest BCUT2D eigenvalue weighted by Gasteiger charge is -2.25. The fourth-order valence-electron chi connectivity index (χ4n) is 5.18. The molecule has 8 nitrogen and oxygen atoms in total. The molecular formula is C29H28N4O4S. The number of ether oxygens (including phenoxy) is 1. The Labute approximate surface area is 222 Å². The Balaban J connectivity index is 0.00000308. The first-order valence-corrected chi connectivity index (χ1v) is 13.9. The van der Waals surface area contributed by atoms with Crippen LogP contribution in [0.15, 0.2) is 77.7 Å². The summed E-state index contributed by atoms with van der Waals surface area (Å²) < 4.78 is 35.6. The van der Waals surface area contributed by atoms with E-state index < -0.39 is 16.1 Å². The summed E-state index contributed by atoms with van der Waals surface area (Å²) in [5.74, 6) is -0.124. The maximum atomic E-state index is 13.6. The Morgan fingerprint density at radius 2 is 1.68 bits per heavy atom. The molecule has 0 aliphatic carbocycles. The molecule has 4 aromatic rings. The SMILES string of the molecule is Cc1cccc(C)c1-c1cc2nc(n1)NS(=O)(=O)c1cccc(c1)C(=O)N1Cc3ccccc3CC(C1)O2.[HH]. The van der Waals surface area contributed by atoms with Gasteiger partial charge in [-0.05, 0) is 54.3 Å². The van der Waals surface area contributed by atoms with Gasteiger partial charge in [-0.2, -0.15) is 4.98 Å². The van der Waals surface area contributed by atoms with E-state index in [9.17, 15) is 13.2 Å². The molecule has 1 atom stereocenters. The van der Waals surface area contributed by atoms with Crippen molar-refractivity contribution in [3.8, 4) is 17.1 Å². The second-order valence-electron chi connectivity index (χ2n) is 9.71. The molecule has 194 valence electrons. The molecule has 3 aromatic carbocycles. The van der Waals surface area contributed by atoms with Crippen LogP contribution < -0.4 is 9.46 Å². The van der Waals surface area contributed by atoms with E-state index >= 15 is 0 Å². The molecule has 6 bridgehead atoms. The van der Waals surface area contributed by atoms with Crippen molar-refractivity contribution in [2.45, 2.75) is 37.8 Å². The van der Waals surface area contributed by atoms with Gasteiger partial charge in [0.15, 0.2) is 0 Å². The number of carbonyl (C=O) groups excluding carboxylic acids is 1. The summed E-state index contributed by atoms with van der Waals surface area (Å²) >= 11 is 0. The Morgan fingerprint density at radius 1 is 0.947 bits per heavy atom. The number of nitrogens with one attached hydrogen (secondary N) is 1. The number of hydrogen-bond acceptors (Lipinski definition) is 6. The number of aromatic nitrogens is 2. The normalized spacial score (nSPS) is 18.0. The molecule has 1 N–H and O–H groups in total. The smallest absolute Gasteiger partial charge is 0.264 e. The highest BCUT2D eigenvalue weighted by Crippen LogP contribution is 2.31. The molecule has 6 rings (SSSR count). The Bertz CT molecular complexity index is 1670. The molecule has 1 aromatic heterocycles. The van der Waals surface area contributed by atoms with Crippen LogP contribution >= 0.6 is 0 Å². The van der Waals surface area contributed by atoms with Gasteiger partial charge in [-0.15, -0.1) is 0 Å². The lowest BCUT2D eigenvalue weighted by molar-refractivity contribution is 0.0652. The van der Waals surface area contributed by atoms with E-state index in [0.29, 0.717) is 25.2 Å². The van der Waals surface area contributed by atoms with Crippen LogP contribution in [0.1, 0.15) is 34.0 Å². The van der Waals surface area contributed by atoms with Crippen LogP contribution in [0.4, 0.5) is 5.95 Å². The molecular weight excluding hydrogens is 500 g/mol. The van der Waals surface area contributed by atoms with Gasteiger partial charge in [0.25, 0.3) is 15.9 Å². The molecule has 0 radical (unpaired) electrons. The Morgan fingerprint density at radius 3 is 2.47 bits per heavy atom. The topological polar surface area (TPSA) is 101 Å². The van der Waals surface area contributed by atoms with Crippen molar-refractivity contribution in [2.24, 2.45) is 0 Å². The van der Waals surface area contributed by atoms with Crippen molar-refractivity contribution in [2.75, 3.05) is 11.3 Å². The van der Waals surface area contributed by atoms with Crippen molar-refractivity contribution < 1.29 is 19.4 Å². The molecule has 1 amide bonds. The summed E-state index contributed by atoms with van der Waals surface area (Å²) in [6.45, 7) is 4.67. The summed E-state index contributed by atoms with van der Waals surface area (Å²) in [5.41, 5.74) is 5.84. The fourth-order valence-corrected chi connectivity index (χ4v) is 6.17. The molecule has 2 aliphatic heterocycles. The number of hydrogen-bond donors (Lipinski definition) is 1. The van der Waals surface area contributed by atoms with Crippen LogP contribution in [0.25, 0.3) is 11.3 Å². The number of anilines is 1. The highest BCUT2D eigenvalue weighted by atomic mass is 32.2. The van der Waals surface area contributed by atoms with Crippen molar-refractivity contribution in [3.05, 3.63) is 101 Å². The van der Waals surface area contributed by atoms with Gasteiger partial charge in [-0.1, -0.05) is 48.5 Å². The molecule has 2 aliphatic rings. The Hall–Kier alpha value is -4.24. The van der Waals surface area contributed by atoms with E-state index in [4.69, 9.17) is 4.74 Å². The van der Waals surface area contributed by atoms with Gasteiger partial charge in [-0.3, -0.25) is 4.79 Å². The number of benzene rings is 3. The van der Waals surface area contributed by atoms with E-state index in [1.54, 1.807) is 23.1 Å². The number of rotatable bonds is 1. The number of nitrogens with zero attached hydrogens (tertiary/aromatic N) is 3. The number of sulfonamides is 1. The molecule has 3 heterocycles. The van der Waals surface area contributed by atoms with E-state index in [1.165, 1.54) is 12.1 Å². The lowest BCUT2D eigenvalue weighted by Crippen LogP contribution is -2.38. The monoisotopic (exact) mass is 528 g/mol. The van der Waals surface area contributed by atoms with Gasteiger partial charge in [0.05, 0.1) is 17.1 Å². The van der Waals surface area contributed by atoms with Crippen LogP contribution in [0.3, 0.4) is 0 Å². The van der Waals surface area contributed by atoms with Crippen LogP contribution in [0, 0.1) is 13.8 Å². The van der Waals surface area contributed by atoms with E-state index in [-0.39, 0.29) is 29.6 Å². The van der Waals surface area contributed by atoms with Crippen LogP contribution in [0.2, 0.25) is 0 Å². The molecule has 0 fully saturated rings. The maximum absolute atomic E-state index is 13.6. The standard InChI is InChI=1S/C29H26N4O4S.H2/c1-18-7-5-8-19(2)27(18)25-15-26-31-29(30-25)32-38(35,36)24-12-6-11-21(14-24)28(34)33-16-22-10-4-3-9-20(22)13-23(17-33)37-26;/h3-12,14-15,23H,13,16-17H2,1-2H3,(H,30,31,32);1H. The summed E-state index contributed by atoms with van der Waals surface area (Å²) in [7, 11) is -4.08. The number of carbonyl (C=O) groups is 1. The van der Waals surface area contributed by atoms with Gasteiger partial charge in [0.2, 0.25) is 11.8 Å². The highest BCUT2D eigenvalue weighted by Gasteiger charge is 2.29. The first-order valence-electron chi connectivity index (χ1n) is 12.4. The van der Waals surface area contributed by atoms with Gasteiger partial charge in [0.1, 0.15) is 6.10 Å². The van der Waals surface area contributed by atoms with Crippen molar-refractivity contribution in [1.29, 1.82) is 0 Å². The first kappa shape index (κ1) is 24.1. The third-order valence-electron chi connectivity index (χ3n) is 6.98. The molecule has 0 spiro atoms. The minimum Gasteiger partial charge on any atom is -0.472 e.